The van der Waals surface area contributed by atoms with Gasteiger partial charge in [-0.25, -0.2) is 0 Å². The second-order valence-electron chi connectivity index (χ2n) is 6.14. The van der Waals surface area contributed by atoms with E-state index in [1.165, 1.54) is 11.1 Å². The fourth-order valence-electron chi connectivity index (χ4n) is 3.04. The number of nitrogens with two attached hydrogens (primary N) is 1. The summed E-state index contributed by atoms with van der Waals surface area (Å²) >= 11 is 0. The van der Waals surface area contributed by atoms with Crippen molar-refractivity contribution in [3.05, 3.63) is 42.0 Å². The Morgan fingerprint density at radius 2 is 2.14 bits per heavy atom. The van der Waals surface area contributed by atoms with Gasteiger partial charge in [0.05, 0.1) is 18.6 Å². The van der Waals surface area contributed by atoms with Crippen LogP contribution in [0.15, 0.2) is 36.4 Å². The number of amides is 1. The summed E-state index contributed by atoms with van der Waals surface area (Å²) in [5.74, 6) is 0.121. The van der Waals surface area contributed by atoms with Crippen molar-refractivity contribution in [3.8, 4) is 0 Å². The van der Waals surface area contributed by atoms with Crippen LogP contribution in [-0.4, -0.2) is 43.2 Å². The SMILES string of the molecule is CC1(C(=O)N2CC=C(c3ccccc3)CC2)COCC1N. The first-order valence-electron chi connectivity index (χ1n) is 7.48. The molecule has 4 nitrogen and oxygen atoms in total. The molecule has 2 unspecified atom stereocenters. The highest BCUT2D eigenvalue weighted by molar-refractivity contribution is 5.85. The predicted molar refractivity (Wildman–Crippen MR) is 82.5 cm³/mol. The van der Waals surface area contributed by atoms with Gasteiger partial charge in [-0.2, -0.15) is 0 Å². The lowest BCUT2D eigenvalue weighted by Crippen LogP contribution is -2.52. The molecule has 0 bridgehead atoms. The van der Waals surface area contributed by atoms with Crippen molar-refractivity contribution in [2.24, 2.45) is 11.1 Å². The maximum absolute atomic E-state index is 12.7. The molecule has 2 atom stereocenters. The summed E-state index contributed by atoms with van der Waals surface area (Å²) < 4.78 is 5.39. The highest BCUT2D eigenvalue weighted by Gasteiger charge is 2.46. The van der Waals surface area contributed by atoms with E-state index in [0.717, 1.165) is 13.0 Å². The van der Waals surface area contributed by atoms with E-state index >= 15 is 0 Å². The van der Waals surface area contributed by atoms with Crippen LogP contribution in [0, 0.1) is 5.41 Å². The molecule has 112 valence electrons. The van der Waals surface area contributed by atoms with E-state index in [1.54, 1.807) is 0 Å². The molecule has 0 saturated carbocycles. The van der Waals surface area contributed by atoms with Crippen molar-refractivity contribution in [1.82, 2.24) is 4.90 Å². The van der Waals surface area contributed by atoms with Crippen LogP contribution in [0.1, 0.15) is 18.9 Å². The van der Waals surface area contributed by atoms with Crippen molar-refractivity contribution in [2.45, 2.75) is 19.4 Å². The molecule has 1 amide bonds. The molecule has 0 aromatic heterocycles. The number of hydrogen-bond acceptors (Lipinski definition) is 3. The zero-order valence-corrected chi connectivity index (χ0v) is 12.4. The van der Waals surface area contributed by atoms with Crippen LogP contribution >= 0.6 is 0 Å². The zero-order valence-electron chi connectivity index (χ0n) is 12.4. The Hall–Kier alpha value is -1.65. The summed E-state index contributed by atoms with van der Waals surface area (Å²) in [4.78, 5) is 14.6. The number of hydrogen-bond donors (Lipinski definition) is 1. The van der Waals surface area contributed by atoms with Crippen LogP contribution in [0.5, 0.6) is 0 Å². The van der Waals surface area contributed by atoms with E-state index in [1.807, 2.05) is 30.0 Å². The third-order valence-corrected chi connectivity index (χ3v) is 4.65. The summed E-state index contributed by atoms with van der Waals surface area (Å²) in [6.45, 7) is 4.23. The molecule has 3 rings (SSSR count). The number of carbonyl (C=O) groups excluding carboxylic acids is 1. The molecule has 2 aliphatic heterocycles. The third-order valence-electron chi connectivity index (χ3n) is 4.65. The zero-order chi connectivity index (χ0) is 14.9. The molecule has 2 N–H and O–H groups in total. The van der Waals surface area contributed by atoms with E-state index in [0.29, 0.717) is 19.8 Å². The van der Waals surface area contributed by atoms with Crippen LogP contribution in [0.2, 0.25) is 0 Å². The Balaban J connectivity index is 1.71. The fourth-order valence-corrected chi connectivity index (χ4v) is 3.04. The van der Waals surface area contributed by atoms with Gasteiger partial charge in [0.2, 0.25) is 5.91 Å². The summed E-state index contributed by atoms with van der Waals surface area (Å²) in [6.07, 6.45) is 3.04. The number of ether oxygens (including phenoxy) is 1. The standard InChI is InChI=1S/C17H22N2O2/c1-17(12-21-11-15(17)18)16(20)19-9-7-14(8-10-19)13-5-3-2-4-6-13/h2-7,15H,8-12,18H2,1H3. The van der Waals surface area contributed by atoms with Gasteiger partial charge in [-0.05, 0) is 24.5 Å². The monoisotopic (exact) mass is 286 g/mol. The van der Waals surface area contributed by atoms with Gasteiger partial charge in [-0.3, -0.25) is 4.79 Å². The molecule has 1 aromatic rings. The van der Waals surface area contributed by atoms with Crippen molar-refractivity contribution in [2.75, 3.05) is 26.3 Å². The van der Waals surface area contributed by atoms with E-state index in [9.17, 15) is 4.79 Å². The maximum atomic E-state index is 12.7. The molecule has 21 heavy (non-hydrogen) atoms. The van der Waals surface area contributed by atoms with Crippen LogP contribution in [0.25, 0.3) is 5.57 Å². The van der Waals surface area contributed by atoms with Crippen molar-refractivity contribution in [3.63, 3.8) is 0 Å². The average Bonchev–Trinajstić information content (AvgIpc) is 2.88. The van der Waals surface area contributed by atoms with Gasteiger partial charge in [-0.1, -0.05) is 36.4 Å². The van der Waals surface area contributed by atoms with Crippen molar-refractivity contribution in [1.29, 1.82) is 0 Å². The lowest BCUT2D eigenvalue weighted by atomic mass is 9.83. The minimum Gasteiger partial charge on any atom is -0.379 e. The maximum Gasteiger partial charge on any atom is 0.232 e. The smallest absolute Gasteiger partial charge is 0.232 e. The van der Waals surface area contributed by atoms with E-state index in [-0.39, 0.29) is 11.9 Å². The van der Waals surface area contributed by atoms with Gasteiger partial charge in [-0.15, -0.1) is 0 Å². The number of nitrogens with zero attached hydrogens (tertiary/aromatic N) is 1. The van der Waals surface area contributed by atoms with Crippen molar-refractivity contribution < 1.29 is 9.53 Å². The summed E-state index contributed by atoms with van der Waals surface area (Å²) in [5.41, 5.74) is 8.04. The molecule has 1 saturated heterocycles. The van der Waals surface area contributed by atoms with Crippen LogP contribution < -0.4 is 5.73 Å². The average molecular weight is 286 g/mol. The quantitative estimate of drug-likeness (QED) is 0.899. The first-order valence-corrected chi connectivity index (χ1v) is 7.48. The molecule has 4 heteroatoms. The van der Waals surface area contributed by atoms with Gasteiger partial charge in [0.1, 0.15) is 0 Å². The van der Waals surface area contributed by atoms with Crippen LogP contribution in [0.4, 0.5) is 0 Å². The summed E-state index contributed by atoms with van der Waals surface area (Å²) in [6, 6.07) is 10.1. The van der Waals surface area contributed by atoms with Gasteiger partial charge < -0.3 is 15.4 Å². The second kappa shape index (κ2) is 5.62. The van der Waals surface area contributed by atoms with Crippen LogP contribution in [-0.2, 0) is 9.53 Å². The number of carbonyl (C=O) groups is 1. The number of benzene rings is 1. The van der Waals surface area contributed by atoms with E-state index < -0.39 is 5.41 Å². The first-order chi connectivity index (χ1) is 10.1. The minimum absolute atomic E-state index is 0.121. The van der Waals surface area contributed by atoms with E-state index in [4.69, 9.17) is 10.5 Å². The van der Waals surface area contributed by atoms with Crippen molar-refractivity contribution >= 4 is 11.5 Å². The summed E-state index contributed by atoms with van der Waals surface area (Å²) in [5, 5.41) is 0. The largest absolute Gasteiger partial charge is 0.379 e. The van der Waals surface area contributed by atoms with Gasteiger partial charge in [0.15, 0.2) is 0 Å². The molecule has 1 aromatic carbocycles. The highest BCUT2D eigenvalue weighted by atomic mass is 16.5. The molecular weight excluding hydrogens is 264 g/mol. The first kappa shape index (κ1) is 14.3. The second-order valence-corrected chi connectivity index (χ2v) is 6.14. The normalized spacial score (nSPS) is 29.3. The van der Waals surface area contributed by atoms with Crippen LogP contribution in [0.3, 0.4) is 0 Å². The molecular formula is C17H22N2O2. The molecule has 0 radical (unpaired) electrons. The number of rotatable bonds is 2. The Morgan fingerprint density at radius 3 is 2.71 bits per heavy atom. The molecule has 2 heterocycles. The lowest BCUT2D eigenvalue weighted by Gasteiger charge is -2.35. The van der Waals surface area contributed by atoms with Gasteiger partial charge >= 0.3 is 0 Å². The predicted octanol–water partition coefficient (Wildman–Crippen LogP) is 1.67. The minimum atomic E-state index is -0.571. The Kier molecular flexibility index (Phi) is 3.83. The molecule has 1 fully saturated rings. The van der Waals surface area contributed by atoms with E-state index in [2.05, 4.69) is 18.2 Å². The van der Waals surface area contributed by atoms with Gasteiger partial charge in [0, 0.05) is 19.1 Å². The Bertz CT molecular complexity index is 555. The lowest BCUT2D eigenvalue weighted by molar-refractivity contribution is -0.141. The van der Waals surface area contributed by atoms with Gasteiger partial charge in [0.25, 0.3) is 0 Å². The molecule has 0 spiro atoms. The highest BCUT2D eigenvalue weighted by Crippen LogP contribution is 2.31. The molecule has 2 aliphatic rings. The molecule has 0 aliphatic carbocycles. The Labute approximate surface area is 125 Å². The summed E-state index contributed by atoms with van der Waals surface area (Å²) in [7, 11) is 0. The Morgan fingerprint density at radius 1 is 1.38 bits per heavy atom. The fraction of sp³-hybridized carbons (Fsp3) is 0.471. The topological polar surface area (TPSA) is 55.6 Å². The third kappa shape index (κ3) is 2.61.